The van der Waals surface area contributed by atoms with Gasteiger partial charge in [0.1, 0.15) is 11.5 Å². The van der Waals surface area contributed by atoms with Crippen molar-refractivity contribution < 1.29 is 23.9 Å². The van der Waals surface area contributed by atoms with Crippen molar-refractivity contribution in [3.05, 3.63) is 58.7 Å². The van der Waals surface area contributed by atoms with E-state index < -0.39 is 11.5 Å². The van der Waals surface area contributed by atoms with Crippen molar-refractivity contribution in [3.8, 4) is 0 Å². The fraction of sp³-hybridized carbons (Fsp3) is 0.606. The third kappa shape index (κ3) is 5.26. The molecule has 3 saturated carbocycles. The third-order valence-electron chi connectivity index (χ3n) is 9.71. The lowest BCUT2D eigenvalue weighted by atomic mass is 9.42. The van der Waals surface area contributed by atoms with Gasteiger partial charge in [-0.1, -0.05) is 61.4 Å². The fourth-order valence-electron chi connectivity index (χ4n) is 8.00. The molecule has 0 saturated heterocycles. The highest BCUT2D eigenvalue weighted by atomic mass is 16.6. The Morgan fingerprint density at radius 3 is 2.16 bits per heavy atom. The number of allylic oxidation sites excluding steroid dienone is 10. The summed E-state index contributed by atoms with van der Waals surface area (Å²) in [5.74, 6) is -0.420. The van der Waals surface area contributed by atoms with Crippen molar-refractivity contribution in [2.24, 2.45) is 28.1 Å². The molecule has 0 radical (unpaired) electrons. The summed E-state index contributed by atoms with van der Waals surface area (Å²) in [4.78, 5) is 38.7. The number of fused-ring (bicyclic) bond motifs is 3. The Bertz CT molecular complexity index is 1130. The summed E-state index contributed by atoms with van der Waals surface area (Å²) < 4.78 is 11.0. The van der Waals surface area contributed by atoms with Crippen molar-refractivity contribution in [2.45, 2.75) is 93.6 Å². The zero-order chi connectivity index (χ0) is 28.5. The molecule has 6 atom stereocenters. The molecule has 3 rings (SSSR count). The van der Waals surface area contributed by atoms with E-state index in [4.69, 9.17) is 9.47 Å². The molecule has 0 aromatic rings. The van der Waals surface area contributed by atoms with Crippen LogP contribution in [0.25, 0.3) is 0 Å². The Kier molecular flexibility index (Phi) is 8.80. The maximum absolute atomic E-state index is 13.6. The summed E-state index contributed by atoms with van der Waals surface area (Å²) in [5.41, 5.74) is 2.89. The lowest BCUT2D eigenvalue weighted by molar-refractivity contribution is -0.206. The first-order chi connectivity index (χ1) is 17.7. The van der Waals surface area contributed by atoms with Crippen LogP contribution in [-0.4, -0.2) is 30.9 Å². The summed E-state index contributed by atoms with van der Waals surface area (Å²) in [5, 5.41) is 0. The first-order valence-electron chi connectivity index (χ1n) is 13.9. The van der Waals surface area contributed by atoms with Crippen LogP contribution in [0.5, 0.6) is 0 Å². The van der Waals surface area contributed by atoms with E-state index in [1.807, 2.05) is 26.0 Å². The third-order valence-corrected chi connectivity index (χ3v) is 9.71. The summed E-state index contributed by atoms with van der Waals surface area (Å²) >= 11 is 0. The van der Waals surface area contributed by atoms with Crippen molar-refractivity contribution in [1.29, 1.82) is 0 Å². The molecule has 3 aliphatic rings. The lowest BCUT2D eigenvalue weighted by Crippen LogP contribution is -2.62. The lowest BCUT2D eigenvalue weighted by Gasteiger charge is -2.61. The Morgan fingerprint density at radius 2 is 1.55 bits per heavy atom. The van der Waals surface area contributed by atoms with Gasteiger partial charge in [0.05, 0.1) is 7.11 Å². The molecule has 0 aliphatic heterocycles. The minimum absolute atomic E-state index is 0.0419. The number of methoxy groups -OCH3 is 1. The molecule has 0 aromatic carbocycles. The molecule has 0 heterocycles. The van der Waals surface area contributed by atoms with Crippen LogP contribution < -0.4 is 0 Å². The zero-order valence-corrected chi connectivity index (χ0v) is 24.8. The van der Waals surface area contributed by atoms with E-state index in [1.165, 1.54) is 19.6 Å². The van der Waals surface area contributed by atoms with Gasteiger partial charge in [0.15, 0.2) is 5.78 Å². The van der Waals surface area contributed by atoms with Crippen molar-refractivity contribution >= 4 is 17.7 Å². The number of rotatable bonds is 6. The van der Waals surface area contributed by atoms with E-state index in [2.05, 4.69) is 58.9 Å². The van der Waals surface area contributed by atoms with Gasteiger partial charge in [-0.05, 0) is 83.1 Å². The molecular formula is C33H46O5. The van der Waals surface area contributed by atoms with Crippen molar-refractivity contribution in [2.75, 3.05) is 7.11 Å². The Balaban J connectivity index is 1.96. The van der Waals surface area contributed by atoms with E-state index in [-0.39, 0.29) is 40.4 Å². The van der Waals surface area contributed by atoms with Crippen LogP contribution in [0.3, 0.4) is 0 Å². The summed E-state index contributed by atoms with van der Waals surface area (Å²) in [7, 11) is 1.40. The van der Waals surface area contributed by atoms with Crippen LogP contribution in [0.1, 0.15) is 87.5 Å². The minimum atomic E-state index is -0.944. The molecule has 0 spiro atoms. The molecule has 0 bridgehead atoms. The topological polar surface area (TPSA) is 69.7 Å². The molecule has 5 nitrogen and oxygen atoms in total. The van der Waals surface area contributed by atoms with E-state index in [1.54, 1.807) is 0 Å². The average Bonchev–Trinajstić information content (AvgIpc) is 3.11. The molecule has 5 heteroatoms. The first-order valence-corrected chi connectivity index (χ1v) is 13.9. The fourth-order valence-corrected chi connectivity index (χ4v) is 8.00. The monoisotopic (exact) mass is 522 g/mol. The second-order valence-electron chi connectivity index (χ2n) is 12.5. The van der Waals surface area contributed by atoms with Crippen LogP contribution in [0.4, 0.5) is 0 Å². The van der Waals surface area contributed by atoms with Gasteiger partial charge >= 0.3 is 11.9 Å². The number of hydrogen-bond acceptors (Lipinski definition) is 5. The number of esters is 2. The highest BCUT2D eigenvalue weighted by Gasteiger charge is 2.68. The van der Waals surface area contributed by atoms with E-state index in [0.717, 1.165) is 36.0 Å². The summed E-state index contributed by atoms with van der Waals surface area (Å²) in [6, 6.07) is 0. The van der Waals surface area contributed by atoms with Gasteiger partial charge in [-0.2, -0.15) is 0 Å². The maximum atomic E-state index is 13.6. The van der Waals surface area contributed by atoms with Crippen LogP contribution in [0.2, 0.25) is 0 Å². The number of ether oxygens (including phenoxy) is 2. The molecule has 0 unspecified atom stereocenters. The Labute approximate surface area is 229 Å². The highest BCUT2D eigenvalue weighted by Crippen LogP contribution is 2.69. The second-order valence-corrected chi connectivity index (χ2v) is 12.5. The SMILES string of the molecule is COC(=O)[C@]1(C)[C@@H]2CC[C@]3(C)\C(=C(C)/C=C/C=C(C)\C=C\C=C(C)C)C(=O)C[C@H]3[C@@]2(C)CC[C@H]1OC(C)=O. The van der Waals surface area contributed by atoms with Gasteiger partial charge in [0, 0.05) is 24.3 Å². The van der Waals surface area contributed by atoms with E-state index in [9.17, 15) is 14.4 Å². The highest BCUT2D eigenvalue weighted by molar-refractivity contribution is 6.01. The average molecular weight is 523 g/mol. The minimum Gasteiger partial charge on any atom is -0.468 e. The Hall–Kier alpha value is -2.69. The number of carbonyl (C=O) groups is 3. The smallest absolute Gasteiger partial charge is 0.315 e. The van der Waals surface area contributed by atoms with Crippen LogP contribution in [0.15, 0.2) is 58.7 Å². The largest absolute Gasteiger partial charge is 0.468 e. The van der Waals surface area contributed by atoms with E-state index in [0.29, 0.717) is 12.8 Å². The normalized spacial score (nSPS) is 36.6. The Morgan fingerprint density at radius 1 is 0.895 bits per heavy atom. The molecule has 3 fully saturated rings. The number of carbonyl (C=O) groups excluding carboxylic acids is 3. The molecular weight excluding hydrogens is 476 g/mol. The summed E-state index contributed by atoms with van der Waals surface area (Å²) in [6.07, 6.45) is 15.3. The number of hydrogen-bond donors (Lipinski definition) is 0. The summed E-state index contributed by atoms with van der Waals surface area (Å²) in [6.45, 7) is 16.0. The predicted molar refractivity (Wildman–Crippen MR) is 151 cm³/mol. The maximum Gasteiger partial charge on any atom is 0.315 e. The van der Waals surface area contributed by atoms with Crippen LogP contribution in [0, 0.1) is 28.1 Å². The molecule has 208 valence electrons. The molecule has 0 aromatic heterocycles. The molecule has 0 amide bonds. The van der Waals surface area contributed by atoms with Gasteiger partial charge in [-0.3, -0.25) is 14.4 Å². The van der Waals surface area contributed by atoms with Crippen LogP contribution in [-0.2, 0) is 23.9 Å². The quantitative estimate of drug-likeness (QED) is 0.209. The predicted octanol–water partition coefficient (Wildman–Crippen LogP) is 7.24. The van der Waals surface area contributed by atoms with Gasteiger partial charge < -0.3 is 9.47 Å². The van der Waals surface area contributed by atoms with Crippen molar-refractivity contribution in [1.82, 2.24) is 0 Å². The van der Waals surface area contributed by atoms with Gasteiger partial charge in [0.25, 0.3) is 0 Å². The van der Waals surface area contributed by atoms with Gasteiger partial charge in [-0.15, -0.1) is 0 Å². The van der Waals surface area contributed by atoms with Crippen molar-refractivity contribution in [3.63, 3.8) is 0 Å². The molecule has 3 aliphatic carbocycles. The zero-order valence-electron chi connectivity index (χ0n) is 24.8. The van der Waals surface area contributed by atoms with E-state index >= 15 is 0 Å². The standard InChI is InChI=1S/C33H46O5/c1-21(2)12-10-13-22(3)14-11-15-23(4)29-25(35)20-27-31(6)19-17-28(38-24(5)34)33(8,30(36)37-9)26(31)16-18-32(27,29)7/h10-15,26-28H,16-20H2,1-9H3/b13-10+,15-11+,22-14-,29-23-/t26-,27+,28-,31+,32+,33-/m1/s1. The number of ketones is 1. The molecule has 0 N–H and O–H groups in total. The van der Waals surface area contributed by atoms with Gasteiger partial charge in [0.2, 0.25) is 0 Å². The first kappa shape index (κ1) is 29.9. The van der Waals surface area contributed by atoms with Gasteiger partial charge in [-0.25, -0.2) is 0 Å². The van der Waals surface area contributed by atoms with Crippen LogP contribution >= 0.6 is 0 Å². The molecule has 38 heavy (non-hydrogen) atoms. The second kappa shape index (κ2) is 11.2. The number of Topliss-reactive ketones (excluding diaryl/α,β-unsaturated/α-hetero) is 1.